The molecule has 0 radical (unpaired) electrons. The minimum atomic E-state index is 0.289. The number of likely N-dealkylation sites (N-methyl/N-ethyl adjacent to an activating group) is 1. The Bertz CT molecular complexity index is 1040. The average Bonchev–Trinajstić information content (AvgIpc) is 3.15. The number of hydrogen-bond donors (Lipinski definition) is 1. The number of fused-ring (bicyclic) bond motifs is 2. The van der Waals surface area contributed by atoms with Gasteiger partial charge in [0, 0.05) is 35.9 Å². The number of ether oxygens (including phenoxy) is 1. The van der Waals surface area contributed by atoms with E-state index in [1.54, 1.807) is 0 Å². The second-order valence-corrected chi connectivity index (χ2v) is 8.07. The lowest BCUT2D eigenvalue weighted by atomic mass is 10.0. The van der Waals surface area contributed by atoms with E-state index in [-0.39, 0.29) is 5.75 Å². The highest BCUT2D eigenvalue weighted by molar-refractivity contribution is 5.95. The molecule has 1 aromatic heterocycles. The topological polar surface area (TPSA) is 61.7 Å². The molecular weight excluding hydrogens is 364 g/mol. The van der Waals surface area contributed by atoms with Gasteiger partial charge in [-0.1, -0.05) is 24.3 Å². The molecule has 3 heterocycles. The number of phenolic OH excluding ortho intramolecular Hbond substituents is 1. The van der Waals surface area contributed by atoms with Crippen molar-refractivity contribution in [3.8, 4) is 11.8 Å². The van der Waals surface area contributed by atoms with Crippen LogP contribution in [0.5, 0.6) is 11.8 Å². The van der Waals surface area contributed by atoms with E-state index in [0.717, 1.165) is 41.7 Å². The Morgan fingerprint density at radius 3 is 2.97 bits per heavy atom. The van der Waals surface area contributed by atoms with Gasteiger partial charge in [0.2, 0.25) is 0 Å². The van der Waals surface area contributed by atoms with Crippen molar-refractivity contribution in [3.05, 3.63) is 53.9 Å². The molecule has 29 heavy (non-hydrogen) atoms. The number of rotatable bonds is 4. The molecule has 0 saturated carbocycles. The first-order valence-electron chi connectivity index (χ1n) is 10.3. The molecule has 0 unspecified atom stereocenters. The Balaban J connectivity index is 1.38. The molecule has 1 N–H and O–H groups in total. The molecule has 2 aromatic carbocycles. The smallest absolute Gasteiger partial charge is 0.316 e. The van der Waals surface area contributed by atoms with Gasteiger partial charge >= 0.3 is 6.01 Å². The SMILES string of the molecule is CN1CCC[C@H]1COc1ncc2c(n1)CN(c1cc(O)cc3ccccc13)CC2. The minimum absolute atomic E-state index is 0.289. The predicted molar refractivity (Wildman–Crippen MR) is 114 cm³/mol. The van der Waals surface area contributed by atoms with Crippen LogP contribution in [0.25, 0.3) is 10.8 Å². The number of aromatic hydroxyl groups is 1. The van der Waals surface area contributed by atoms with E-state index in [4.69, 9.17) is 9.72 Å². The summed E-state index contributed by atoms with van der Waals surface area (Å²) < 4.78 is 5.93. The van der Waals surface area contributed by atoms with Gasteiger partial charge in [0.25, 0.3) is 0 Å². The van der Waals surface area contributed by atoms with Gasteiger partial charge in [0.15, 0.2) is 0 Å². The summed E-state index contributed by atoms with van der Waals surface area (Å²) >= 11 is 0. The van der Waals surface area contributed by atoms with Gasteiger partial charge < -0.3 is 19.6 Å². The third-order valence-electron chi connectivity index (χ3n) is 6.17. The van der Waals surface area contributed by atoms with E-state index in [1.165, 1.54) is 18.4 Å². The summed E-state index contributed by atoms with van der Waals surface area (Å²) in [6.07, 6.45) is 5.18. The summed E-state index contributed by atoms with van der Waals surface area (Å²) in [5.41, 5.74) is 3.23. The highest BCUT2D eigenvalue weighted by Crippen LogP contribution is 2.34. The zero-order valence-corrected chi connectivity index (χ0v) is 16.7. The van der Waals surface area contributed by atoms with E-state index in [2.05, 4.69) is 27.9 Å². The third-order valence-corrected chi connectivity index (χ3v) is 6.17. The van der Waals surface area contributed by atoms with Crippen molar-refractivity contribution in [1.82, 2.24) is 14.9 Å². The van der Waals surface area contributed by atoms with Crippen LogP contribution in [-0.2, 0) is 13.0 Å². The summed E-state index contributed by atoms with van der Waals surface area (Å²) in [5.74, 6) is 0.289. The average molecular weight is 390 g/mol. The zero-order valence-electron chi connectivity index (χ0n) is 16.7. The maximum Gasteiger partial charge on any atom is 0.316 e. The quantitative estimate of drug-likeness (QED) is 0.737. The van der Waals surface area contributed by atoms with Crippen LogP contribution in [0.3, 0.4) is 0 Å². The molecule has 1 fully saturated rings. The number of nitrogens with zero attached hydrogens (tertiary/aromatic N) is 4. The molecule has 6 nitrogen and oxygen atoms in total. The van der Waals surface area contributed by atoms with Crippen LogP contribution in [0.4, 0.5) is 5.69 Å². The molecule has 150 valence electrons. The fourth-order valence-corrected chi connectivity index (χ4v) is 4.46. The molecule has 3 aromatic rings. The van der Waals surface area contributed by atoms with Crippen molar-refractivity contribution in [3.63, 3.8) is 0 Å². The first-order valence-corrected chi connectivity index (χ1v) is 10.3. The number of aromatic nitrogens is 2. The molecule has 0 bridgehead atoms. The zero-order chi connectivity index (χ0) is 19.8. The van der Waals surface area contributed by atoms with Crippen LogP contribution < -0.4 is 9.64 Å². The molecule has 1 atom stereocenters. The molecule has 0 amide bonds. The van der Waals surface area contributed by atoms with Crippen LogP contribution in [0.1, 0.15) is 24.1 Å². The van der Waals surface area contributed by atoms with E-state index >= 15 is 0 Å². The van der Waals surface area contributed by atoms with Crippen molar-refractivity contribution in [2.45, 2.75) is 31.8 Å². The second-order valence-electron chi connectivity index (χ2n) is 8.07. The van der Waals surface area contributed by atoms with Gasteiger partial charge in [-0.15, -0.1) is 0 Å². The van der Waals surface area contributed by atoms with Crippen molar-refractivity contribution in [2.75, 3.05) is 31.6 Å². The standard InChI is InChI=1S/C23H26N4O2/c1-26-9-4-6-18(26)15-29-23-24-13-17-8-10-27(14-21(17)25-23)22-12-19(28)11-16-5-2-3-7-20(16)22/h2-3,5,7,11-13,18,28H,4,6,8-10,14-15H2,1H3/t18-/m0/s1. The van der Waals surface area contributed by atoms with Gasteiger partial charge in [0.05, 0.1) is 12.2 Å². The lowest BCUT2D eigenvalue weighted by molar-refractivity contribution is 0.187. The van der Waals surface area contributed by atoms with Crippen molar-refractivity contribution >= 4 is 16.5 Å². The molecular formula is C23H26N4O2. The number of anilines is 1. The minimum Gasteiger partial charge on any atom is -0.508 e. The molecule has 2 aliphatic rings. The number of hydrogen-bond acceptors (Lipinski definition) is 6. The summed E-state index contributed by atoms with van der Waals surface area (Å²) in [5, 5.41) is 12.4. The highest BCUT2D eigenvalue weighted by atomic mass is 16.5. The van der Waals surface area contributed by atoms with Gasteiger partial charge in [0.1, 0.15) is 12.4 Å². The highest BCUT2D eigenvalue weighted by Gasteiger charge is 2.23. The Morgan fingerprint density at radius 2 is 2.10 bits per heavy atom. The van der Waals surface area contributed by atoms with Gasteiger partial charge in [-0.3, -0.25) is 0 Å². The monoisotopic (exact) mass is 390 g/mol. The Labute approximate surface area is 170 Å². The van der Waals surface area contributed by atoms with Gasteiger partial charge in [-0.05, 0) is 49.9 Å². The van der Waals surface area contributed by atoms with Crippen LogP contribution in [-0.4, -0.2) is 52.8 Å². The molecule has 1 saturated heterocycles. The van der Waals surface area contributed by atoms with Crippen molar-refractivity contribution in [1.29, 1.82) is 0 Å². The van der Waals surface area contributed by atoms with Crippen molar-refractivity contribution in [2.24, 2.45) is 0 Å². The maximum absolute atomic E-state index is 10.2. The number of benzene rings is 2. The van der Waals surface area contributed by atoms with Gasteiger partial charge in [-0.2, -0.15) is 4.98 Å². The predicted octanol–water partition coefficient (Wildman–Crippen LogP) is 3.37. The largest absolute Gasteiger partial charge is 0.508 e. The fourth-order valence-electron chi connectivity index (χ4n) is 4.46. The summed E-state index contributed by atoms with van der Waals surface area (Å²) in [4.78, 5) is 13.8. The summed E-state index contributed by atoms with van der Waals surface area (Å²) in [7, 11) is 2.15. The molecule has 6 heteroatoms. The van der Waals surface area contributed by atoms with E-state index in [9.17, 15) is 5.11 Å². The van der Waals surface area contributed by atoms with Gasteiger partial charge in [-0.25, -0.2) is 4.98 Å². The molecule has 5 rings (SSSR count). The fraction of sp³-hybridized carbons (Fsp3) is 0.391. The maximum atomic E-state index is 10.2. The first-order chi connectivity index (χ1) is 14.2. The Hall–Kier alpha value is -2.86. The third kappa shape index (κ3) is 3.60. The van der Waals surface area contributed by atoms with E-state index in [1.807, 2.05) is 36.5 Å². The van der Waals surface area contributed by atoms with Crippen molar-refractivity contribution < 1.29 is 9.84 Å². The first kappa shape index (κ1) is 18.2. The number of phenols is 1. The molecule has 0 aliphatic carbocycles. The molecule has 0 spiro atoms. The Morgan fingerprint density at radius 1 is 1.21 bits per heavy atom. The normalized spacial score (nSPS) is 19.5. The number of likely N-dealkylation sites (tertiary alicyclic amines) is 1. The van der Waals surface area contributed by atoms with Crippen LogP contribution in [0.2, 0.25) is 0 Å². The van der Waals surface area contributed by atoms with E-state index < -0.39 is 0 Å². The summed E-state index contributed by atoms with van der Waals surface area (Å²) in [6, 6.07) is 12.7. The molecule has 2 aliphatic heterocycles. The lowest BCUT2D eigenvalue weighted by Crippen LogP contribution is -2.32. The van der Waals surface area contributed by atoms with E-state index in [0.29, 0.717) is 25.2 Å². The van der Waals surface area contributed by atoms with Crippen LogP contribution in [0.15, 0.2) is 42.6 Å². The second kappa shape index (κ2) is 7.52. The van der Waals surface area contributed by atoms with Crippen LogP contribution in [0, 0.1) is 0 Å². The Kier molecular flexibility index (Phi) is 4.72. The summed E-state index contributed by atoms with van der Waals surface area (Å²) in [6.45, 7) is 3.32. The van der Waals surface area contributed by atoms with Crippen LogP contribution >= 0.6 is 0 Å². The lowest BCUT2D eigenvalue weighted by Gasteiger charge is -2.31.